The maximum atomic E-state index is 11.3. The fraction of sp³-hybridized carbons (Fsp3) is 0.636. The molecule has 0 bridgehead atoms. The second-order valence-corrected chi connectivity index (χ2v) is 3.55. The van der Waals surface area contributed by atoms with Gasteiger partial charge in [0.1, 0.15) is 0 Å². The Labute approximate surface area is 85.1 Å². The van der Waals surface area contributed by atoms with Gasteiger partial charge in [-0.15, -0.1) is 0 Å². The molecule has 0 saturated carbocycles. The molecule has 0 aliphatic rings. The van der Waals surface area contributed by atoms with Gasteiger partial charge in [-0.3, -0.25) is 9.48 Å². The molecular weight excluding hydrogens is 176 g/mol. The Morgan fingerprint density at radius 1 is 1.36 bits per heavy atom. The van der Waals surface area contributed by atoms with E-state index in [1.807, 2.05) is 25.5 Å². The van der Waals surface area contributed by atoms with Gasteiger partial charge in [-0.1, -0.05) is 13.8 Å². The van der Waals surface area contributed by atoms with Gasteiger partial charge < -0.3 is 0 Å². The number of carbonyl (C=O) groups is 1. The molecule has 0 aromatic carbocycles. The Kier molecular flexibility index (Phi) is 3.44. The summed E-state index contributed by atoms with van der Waals surface area (Å²) < 4.78 is 1.82. The molecule has 3 heteroatoms. The van der Waals surface area contributed by atoms with Crippen LogP contribution >= 0.6 is 0 Å². The van der Waals surface area contributed by atoms with Gasteiger partial charge in [0.15, 0.2) is 5.78 Å². The molecule has 3 nitrogen and oxygen atoms in total. The number of aromatic nitrogens is 2. The van der Waals surface area contributed by atoms with E-state index in [0.717, 1.165) is 17.8 Å². The van der Waals surface area contributed by atoms with Gasteiger partial charge in [-0.2, -0.15) is 5.10 Å². The maximum Gasteiger partial charge on any atom is 0.154 e. The van der Waals surface area contributed by atoms with Crippen LogP contribution in [0.1, 0.15) is 37.2 Å². The van der Waals surface area contributed by atoms with E-state index < -0.39 is 0 Å². The number of hydrogen-bond donors (Lipinski definition) is 0. The van der Waals surface area contributed by atoms with Crippen molar-refractivity contribution in [2.75, 3.05) is 0 Å². The first-order valence-corrected chi connectivity index (χ1v) is 5.14. The van der Waals surface area contributed by atoms with Crippen molar-refractivity contribution in [3.8, 4) is 0 Å². The summed E-state index contributed by atoms with van der Waals surface area (Å²) in [5, 5.41) is 4.36. The van der Waals surface area contributed by atoms with Crippen LogP contribution in [-0.4, -0.2) is 15.6 Å². The van der Waals surface area contributed by atoms with E-state index in [1.165, 1.54) is 5.56 Å². The lowest BCUT2D eigenvalue weighted by Gasteiger charge is -2.02. The molecule has 0 unspecified atom stereocenters. The number of ketones is 1. The largest absolute Gasteiger partial charge is 0.298 e. The third-order valence-corrected chi connectivity index (χ3v) is 2.61. The molecular formula is C11H18N2O. The summed E-state index contributed by atoms with van der Waals surface area (Å²) in [4.78, 5) is 11.3. The summed E-state index contributed by atoms with van der Waals surface area (Å²) in [5.41, 5.74) is 3.45. The van der Waals surface area contributed by atoms with Gasteiger partial charge in [0.25, 0.3) is 0 Å². The molecule has 0 aliphatic carbocycles. The van der Waals surface area contributed by atoms with Crippen molar-refractivity contribution < 1.29 is 4.79 Å². The molecule has 1 aromatic rings. The topological polar surface area (TPSA) is 34.9 Å². The van der Waals surface area contributed by atoms with Crippen LogP contribution in [-0.2, 0) is 17.8 Å². The first-order chi connectivity index (χ1) is 6.60. The van der Waals surface area contributed by atoms with E-state index >= 15 is 0 Å². The van der Waals surface area contributed by atoms with Crippen LogP contribution in [0, 0.1) is 13.8 Å². The molecule has 78 valence electrons. The van der Waals surface area contributed by atoms with Crippen molar-refractivity contribution in [3.05, 3.63) is 17.0 Å². The number of Topliss-reactive ketones (excluding diaryl/α,β-unsaturated/α-hetero) is 1. The quantitative estimate of drug-likeness (QED) is 0.735. The molecule has 0 aliphatic heterocycles. The average Bonchev–Trinajstić information content (AvgIpc) is 2.42. The molecule has 14 heavy (non-hydrogen) atoms. The van der Waals surface area contributed by atoms with Crippen LogP contribution < -0.4 is 0 Å². The van der Waals surface area contributed by atoms with E-state index in [4.69, 9.17) is 0 Å². The minimum atomic E-state index is 0.234. The predicted octanol–water partition coefficient (Wildman–Crippen LogP) is 2.04. The second kappa shape index (κ2) is 4.40. The minimum absolute atomic E-state index is 0.234. The van der Waals surface area contributed by atoms with E-state index in [0.29, 0.717) is 13.0 Å². The monoisotopic (exact) mass is 194 g/mol. The SMILES string of the molecule is CCC(=O)Cn1nc(C)c(CC)c1C. The lowest BCUT2D eigenvalue weighted by atomic mass is 10.1. The normalized spacial score (nSPS) is 10.6. The van der Waals surface area contributed by atoms with Crippen LogP contribution in [0.25, 0.3) is 0 Å². The van der Waals surface area contributed by atoms with Crippen LogP contribution in [0.15, 0.2) is 0 Å². The summed E-state index contributed by atoms with van der Waals surface area (Å²) in [6.07, 6.45) is 1.57. The van der Waals surface area contributed by atoms with Crippen LogP contribution in [0.4, 0.5) is 0 Å². The molecule has 0 spiro atoms. The number of rotatable bonds is 4. The number of carbonyl (C=O) groups excluding carboxylic acids is 1. The van der Waals surface area contributed by atoms with Crippen molar-refractivity contribution in [3.63, 3.8) is 0 Å². The molecule has 0 radical (unpaired) electrons. The van der Waals surface area contributed by atoms with Gasteiger partial charge in [0.05, 0.1) is 12.2 Å². The number of aryl methyl sites for hydroxylation is 1. The highest BCUT2D eigenvalue weighted by Crippen LogP contribution is 2.13. The molecule has 0 fully saturated rings. The van der Waals surface area contributed by atoms with Crippen LogP contribution in [0.5, 0.6) is 0 Å². The first kappa shape index (κ1) is 11.0. The predicted molar refractivity (Wildman–Crippen MR) is 56.4 cm³/mol. The van der Waals surface area contributed by atoms with Crippen LogP contribution in [0.2, 0.25) is 0 Å². The van der Waals surface area contributed by atoms with Gasteiger partial charge in [0, 0.05) is 12.1 Å². The Bertz CT molecular complexity index is 339. The van der Waals surface area contributed by atoms with E-state index in [9.17, 15) is 4.79 Å². The zero-order chi connectivity index (χ0) is 10.7. The summed E-state index contributed by atoms with van der Waals surface area (Å²) in [6, 6.07) is 0. The zero-order valence-corrected chi connectivity index (χ0v) is 9.42. The smallest absolute Gasteiger partial charge is 0.154 e. The molecule has 1 rings (SSSR count). The van der Waals surface area contributed by atoms with Gasteiger partial charge in [-0.25, -0.2) is 0 Å². The molecule has 0 amide bonds. The minimum Gasteiger partial charge on any atom is -0.298 e. The fourth-order valence-electron chi connectivity index (χ4n) is 1.68. The average molecular weight is 194 g/mol. The van der Waals surface area contributed by atoms with Gasteiger partial charge in [-0.05, 0) is 25.8 Å². The standard InChI is InChI=1S/C11H18N2O/c1-5-10(14)7-13-9(4)11(6-2)8(3)12-13/h5-7H2,1-4H3. The Morgan fingerprint density at radius 3 is 2.43 bits per heavy atom. The van der Waals surface area contributed by atoms with Crippen molar-refractivity contribution in [1.29, 1.82) is 0 Å². The number of hydrogen-bond acceptors (Lipinski definition) is 2. The van der Waals surface area contributed by atoms with Crippen molar-refractivity contribution in [2.24, 2.45) is 0 Å². The van der Waals surface area contributed by atoms with Crippen molar-refractivity contribution in [2.45, 2.75) is 47.1 Å². The zero-order valence-electron chi connectivity index (χ0n) is 9.42. The Balaban J connectivity index is 2.93. The highest BCUT2D eigenvalue weighted by atomic mass is 16.1. The first-order valence-electron chi connectivity index (χ1n) is 5.14. The highest BCUT2D eigenvalue weighted by Gasteiger charge is 2.11. The summed E-state index contributed by atoms with van der Waals surface area (Å²) in [6.45, 7) is 8.45. The Morgan fingerprint density at radius 2 is 2.00 bits per heavy atom. The molecule has 0 N–H and O–H groups in total. The van der Waals surface area contributed by atoms with E-state index in [1.54, 1.807) is 0 Å². The second-order valence-electron chi connectivity index (χ2n) is 3.55. The third-order valence-electron chi connectivity index (χ3n) is 2.61. The van der Waals surface area contributed by atoms with E-state index in [-0.39, 0.29) is 5.78 Å². The molecule has 0 saturated heterocycles. The van der Waals surface area contributed by atoms with Crippen molar-refractivity contribution >= 4 is 5.78 Å². The summed E-state index contributed by atoms with van der Waals surface area (Å²) >= 11 is 0. The molecule has 1 heterocycles. The molecule has 0 atom stereocenters. The lowest BCUT2D eigenvalue weighted by molar-refractivity contribution is -0.119. The Hall–Kier alpha value is -1.12. The maximum absolute atomic E-state index is 11.3. The van der Waals surface area contributed by atoms with E-state index in [2.05, 4.69) is 12.0 Å². The van der Waals surface area contributed by atoms with Crippen LogP contribution in [0.3, 0.4) is 0 Å². The third kappa shape index (κ3) is 2.03. The molecule has 1 aromatic heterocycles. The van der Waals surface area contributed by atoms with Crippen molar-refractivity contribution in [1.82, 2.24) is 9.78 Å². The summed E-state index contributed by atoms with van der Waals surface area (Å²) in [7, 11) is 0. The van der Waals surface area contributed by atoms with Gasteiger partial charge in [0.2, 0.25) is 0 Å². The lowest BCUT2D eigenvalue weighted by Crippen LogP contribution is -2.11. The fourth-order valence-corrected chi connectivity index (χ4v) is 1.68. The van der Waals surface area contributed by atoms with Gasteiger partial charge >= 0.3 is 0 Å². The number of nitrogens with zero attached hydrogens (tertiary/aromatic N) is 2. The summed E-state index contributed by atoms with van der Waals surface area (Å²) in [5.74, 6) is 0.234. The highest BCUT2D eigenvalue weighted by molar-refractivity contribution is 5.77.